The van der Waals surface area contributed by atoms with E-state index < -0.39 is 12.2 Å². The molecular weight excluding hydrogens is 316 g/mol. The van der Waals surface area contributed by atoms with Crippen molar-refractivity contribution in [3.05, 3.63) is 58.6 Å². The lowest BCUT2D eigenvalue weighted by molar-refractivity contribution is 0.0621. The average Bonchev–Trinajstić information content (AvgIpc) is 2.58. The van der Waals surface area contributed by atoms with Crippen molar-refractivity contribution in [2.24, 2.45) is 0 Å². The van der Waals surface area contributed by atoms with Crippen LogP contribution in [0.5, 0.6) is 17.2 Å². The zero-order valence-corrected chi connectivity index (χ0v) is 13.6. The molecule has 0 unspecified atom stereocenters. The van der Waals surface area contributed by atoms with Crippen molar-refractivity contribution in [1.29, 1.82) is 0 Å². The van der Waals surface area contributed by atoms with Crippen LogP contribution in [0.1, 0.15) is 17.2 Å². The van der Waals surface area contributed by atoms with E-state index in [1.54, 1.807) is 44.6 Å². The average molecular weight is 333 g/mol. The SMILES string of the molecule is COc1cc2c(cc1OC)[C@H](O)[C@@H](Oc1ccc(Cl)cc1)C=C2. The largest absolute Gasteiger partial charge is 0.493 e. The number of hydrogen-bond acceptors (Lipinski definition) is 4. The summed E-state index contributed by atoms with van der Waals surface area (Å²) in [5, 5.41) is 11.3. The lowest BCUT2D eigenvalue weighted by Gasteiger charge is -2.27. The Bertz CT molecular complexity index is 725. The minimum Gasteiger partial charge on any atom is -0.493 e. The number of aliphatic hydroxyl groups excluding tert-OH is 1. The van der Waals surface area contributed by atoms with Gasteiger partial charge in [0.15, 0.2) is 11.5 Å². The van der Waals surface area contributed by atoms with Crippen molar-refractivity contribution >= 4 is 17.7 Å². The molecule has 1 aliphatic rings. The second-order valence-corrected chi connectivity index (χ2v) is 5.61. The number of halogens is 1. The highest BCUT2D eigenvalue weighted by molar-refractivity contribution is 6.30. The van der Waals surface area contributed by atoms with Crippen molar-refractivity contribution in [2.45, 2.75) is 12.2 Å². The van der Waals surface area contributed by atoms with Crippen LogP contribution in [-0.4, -0.2) is 25.4 Å². The molecule has 0 saturated heterocycles. The summed E-state index contributed by atoms with van der Waals surface area (Å²) in [6, 6.07) is 10.7. The van der Waals surface area contributed by atoms with E-state index in [2.05, 4.69) is 0 Å². The van der Waals surface area contributed by atoms with Gasteiger partial charge in [-0.15, -0.1) is 0 Å². The number of fused-ring (bicyclic) bond motifs is 1. The Labute approximate surface area is 139 Å². The highest BCUT2D eigenvalue weighted by Crippen LogP contribution is 2.38. The van der Waals surface area contributed by atoms with E-state index >= 15 is 0 Å². The topological polar surface area (TPSA) is 47.9 Å². The van der Waals surface area contributed by atoms with Crippen LogP contribution in [0.15, 0.2) is 42.5 Å². The van der Waals surface area contributed by atoms with Crippen LogP contribution in [0, 0.1) is 0 Å². The molecule has 120 valence electrons. The van der Waals surface area contributed by atoms with Gasteiger partial charge in [0.2, 0.25) is 0 Å². The fourth-order valence-electron chi connectivity index (χ4n) is 2.57. The summed E-state index contributed by atoms with van der Waals surface area (Å²) in [6.07, 6.45) is 2.45. The first-order valence-electron chi connectivity index (χ1n) is 7.17. The maximum atomic E-state index is 10.6. The lowest BCUT2D eigenvalue weighted by atomic mass is 9.92. The Morgan fingerprint density at radius 2 is 1.65 bits per heavy atom. The summed E-state index contributed by atoms with van der Waals surface area (Å²) in [7, 11) is 3.15. The molecule has 0 bridgehead atoms. The quantitative estimate of drug-likeness (QED) is 0.923. The Morgan fingerprint density at radius 1 is 1.00 bits per heavy atom. The van der Waals surface area contributed by atoms with Crippen molar-refractivity contribution < 1.29 is 19.3 Å². The zero-order valence-electron chi connectivity index (χ0n) is 12.8. The molecule has 0 aliphatic heterocycles. The fourth-order valence-corrected chi connectivity index (χ4v) is 2.69. The lowest BCUT2D eigenvalue weighted by Crippen LogP contribution is -2.26. The van der Waals surface area contributed by atoms with Gasteiger partial charge in [-0.2, -0.15) is 0 Å². The van der Waals surface area contributed by atoms with Gasteiger partial charge in [-0.05, 0) is 53.6 Å². The van der Waals surface area contributed by atoms with Crippen molar-refractivity contribution in [2.75, 3.05) is 14.2 Å². The normalized spacial score (nSPS) is 19.1. The monoisotopic (exact) mass is 332 g/mol. The molecule has 1 aliphatic carbocycles. The van der Waals surface area contributed by atoms with Gasteiger partial charge in [-0.1, -0.05) is 17.7 Å². The second kappa shape index (κ2) is 6.52. The predicted octanol–water partition coefficient (Wildman–Crippen LogP) is 3.87. The molecule has 3 rings (SSSR count). The molecule has 23 heavy (non-hydrogen) atoms. The van der Waals surface area contributed by atoms with Crippen LogP contribution in [0.4, 0.5) is 0 Å². The first-order chi connectivity index (χ1) is 11.1. The standard InChI is InChI=1S/C18H17ClO4/c1-21-16-9-11-3-8-15(18(20)14(11)10-17(16)22-2)23-13-6-4-12(19)5-7-13/h3-10,15,18,20H,1-2H3/t15-,18-/m0/s1. The Balaban J connectivity index is 1.88. The van der Waals surface area contributed by atoms with Gasteiger partial charge in [-0.3, -0.25) is 0 Å². The number of aliphatic hydroxyl groups is 1. The third kappa shape index (κ3) is 3.14. The van der Waals surface area contributed by atoms with Crippen LogP contribution in [0.2, 0.25) is 5.02 Å². The highest BCUT2D eigenvalue weighted by Gasteiger charge is 2.27. The first-order valence-corrected chi connectivity index (χ1v) is 7.54. The zero-order chi connectivity index (χ0) is 16.4. The molecular formula is C18H17ClO4. The molecule has 2 atom stereocenters. The highest BCUT2D eigenvalue weighted by atomic mass is 35.5. The fraction of sp³-hybridized carbons (Fsp3) is 0.222. The molecule has 0 heterocycles. The maximum Gasteiger partial charge on any atom is 0.161 e. The molecule has 2 aromatic rings. The van der Waals surface area contributed by atoms with Gasteiger partial charge in [0.25, 0.3) is 0 Å². The van der Waals surface area contributed by atoms with Gasteiger partial charge in [0.1, 0.15) is 18.0 Å². The van der Waals surface area contributed by atoms with E-state index in [4.69, 9.17) is 25.8 Å². The molecule has 1 N–H and O–H groups in total. The van der Waals surface area contributed by atoms with Gasteiger partial charge in [0, 0.05) is 5.02 Å². The van der Waals surface area contributed by atoms with Crippen molar-refractivity contribution in [1.82, 2.24) is 0 Å². The van der Waals surface area contributed by atoms with E-state index in [0.717, 1.165) is 11.1 Å². The minimum atomic E-state index is -0.800. The van der Waals surface area contributed by atoms with Crippen LogP contribution in [0.25, 0.3) is 6.08 Å². The molecule has 0 spiro atoms. The van der Waals surface area contributed by atoms with E-state index in [1.165, 1.54) is 0 Å². The van der Waals surface area contributed by atoms with Crippen molar-refractivity contribution in [3.63, 3.8) is 0 Å². The molecule has 4 nitrogen and oxygen atoms in total. The van der Waals surface area contributed by atoms with Crippen LogP contribution < -0.4 is 14.2 Å². The Kier molecular flexibility index (Phi) is 4.46. The molecule has 0 saturated carbocycles. The summed E-state index contributed by atoms with van der Waals surface area (Å²) in [5.74, 6) is 1.85. The van der Waals surface area contributed by atoms with Crippen LogP contribution in [0.3, 0.4) is 0 Å². The van der Waals surface area contributed by atoms with E-state index in [1.807, 2.05) is 18.2 Å². The van der Waals surface area contributed by atoms with E-state index in [9.17, 15) is 5.11 Å². The van der Waals surface area contributed by atoms with E-state index in [-0.39, 0.29) is 0 Å². The van der Waals surface area contributed by atoms with Gasteiger partial charge < -0.3 is 19.3 Å². The van der Waals surface area contributed by atoms with Crippen LogP contribution >= 0.6 is 11.6 Å². The summed E-state index contributed by atoms with van der Waals surface area (Å²) >= 11 is 5.87. The maximum absolute atomic E-state index is 10.6. The van der Waals surface area contributed by atoms with Crippen LogP contribution in [-0.2, 0) is 0 Å². The molecule has 0 aromatic heterocycles. The third-order valence-corrected chi connectivity index (χ3v) is 4.02. The molecule has 0 fully saturated rings. The molecule has 2 aromatic carbocycles. The summed E-state index contributed by atoms with van der Waals surface area (Å²) in [4.78, 5) is 0. The summed E-state index contributed by atoms with van der Waals surface area (Å²) in [5.41, 5.74) is 1.62. The second-order valence-electron chi connectivity index (χ2n) is 5.18. The Morgan fingerprint density at radius 3 is 2.30 bits per heavy atom. The minimum absolute atomic E-state index is 0.484. The molecule has 0 radical (unpaired) electrons. The molecule has 0 amide bonds. The number of ether oxygens (including phenoxy) is 3. The third-order valence-electron chi connectivity index (χ3n) is 3.77. The predicted molar refractivity (Wildman–Crippen MR) is 89.4 cm³/mol. The molecule has 5 heteroatoms. The number of hydrogen-bond donors (Lipinski definition) is 1. The Hall–Kier alpha value is -2.17. The summed E-state index contributed by atoms with van der Waals surface area (Å²) in [6.45, 7) is 0. The smallest absolute Gasteiger partial charge is 0.161 e. The number of benzene rings is 2. The van der Waals surface area contributed by atoms with Gasteiger partial charge >= 0.3 is 0 Å². The number of rotatable bonds is 4. The van der Waals surface area contributed by atoms with Gasteiger partial charge in [-0.25, -0.2) is 0 Å². The van der Waals surface area contributed by atoms with E-state index in [0.29, 0.717) is 22.3 Å². The van der Waals surface area contributed by atoms with Gasteiger partial charge in [0.05, 0.1) is 14.2 Å². The van der Waals surface area contributed by atoms with Crippen molar-refractivity contribution in [3.8, 4) is 17.2 Å². The number of methoxy groups -OCH3 is 2. The first kappa shape index (κ1) is 15.7. The summed E-state index contributed by atoms with van der Waals surface area (Å²) < 4.78 is 16.4.